The maximum Gasteiger partial charge on any atom is 0.220 e. The Morgan fingerprint density at radius 2 is 2.04 bits per heavy atom. The number of benzene rings is 1. The fourth-order valence-electron chi connectivity index (χ4n) is 3.73. The molecule has 0 bridgehead atoms. The molecule has 25 heavy (non-hydrogen) atoms. The van der Waals surface area contributed by atoms with Gasteiger partial charge in [0.25, 0.3) is 0 Å². The van der Waals surface area contributed by atoms with E-state index in [0.717, 1.165) is 36.9 Å². The Morgan fingerprint density at radius 1 is 1.28 bits per heavy atom. The lowest BCUT2D eigenvalue weighted by Crippen LogP contribution is -2.58. The highest BCUT2D eigenvalue weighted by atomic mass is 16.1. The fraction of sp³-hybridized carbons (Fsp3) is 0.500. The van der Waals surface area contributed by atoms with Gasteiger partial charge in [-0.15, -0.1) is 0 Å². The SMILES string of the molecule is CNC(=O)CCc1cccc(N2C(N)=NC(N)=NC23CCCCC3)c1. The highest BCUT2D eigenvalue weighted by molar-refractivity contribution is 6.05. The van der Waals surface area contributed by atoms with E-state index >= 15 is 0 Å². The zero-order chi connectivity index (χ0) is 17.9. The molecule has 1 amide bonds. The van der Waals surface area contributed by atoms with Crippen molar-refractivity contribution in [3.63, 3.8) is 0 Å². The molecule has 134 valence electrons. The molecule has 0 saturated heterocycles. The van der Waals surface area contributed by atoms with E-state index in [2.05, 4.69) is 21.4 Å². The average molecular weight is 342 g/mol. The van der Waals surface area contributed by atoms with Gasteiger partial charge >= 0.3 is 0 Å². The van der Waals surface area contributed by atoms with Crippen LogP contribution in [0.5, 0.6) is 0 Å². The Morgan fingerprint density at radius 3 is 2.76 bits per heavy atom. The number of nitrogens with zero attached hydrogens (tertiary/aromatic N) is 3. The predicted molar refractivity (Wildman–Crippen MR) is 100 cm³/mol. The van der Waals surface area contributed by atoms with Gasteiger partial charge in [0, 0.05) is 19.2 Å². The standard InChI is InChI=1S/C18H26N6O/c1-21-15(25)9-8-13-6-5-7-14(12-13)24-17(20)22-16(19)23-18(24)10-3-2-4-11-18/h5-7,12H,2-4,8-11H2,1H3,(H,21,25)(H4,19,20,22,23). The van der Waals surface area contributed by atoms with Crippen LogP contribution in [-0.2, 0) is 11.2 Å². The third-order valence-corrected chi connectivity index (χ3v) is 4.94. The van der Waals surface area contributed by atoms with Crippen molar-refractivity contribution in [3.8, 4) is 0 Å². The molecule has 1 saturated carbocycles. The molecule has 1 fully saturated rings. The van der Waals surface area contributed by atoms with Crippen molar-refractivity contribution in [1.29, 1.82) is 0 Å². The normalized spacial score (nSPS) is 19.3. The van der Waals surface area contributed by atoms with Crippen LogP contribution in [0, 0.1) is 0 Å². The van der Waals surface area contributed by atoms with Crippen molar-refractivity contribution in [1.82, 2.24) is 5.32 Å². The molecular weight excluding hydrogens is 316 g/mol. The zero-order valence-corrected chi connectivity index (χ0v) is 14.7. The number of anilines is 1. The van der Waals surface area contributed by atoms with Gasteiger partial charge in [0.1, 0.15) is 5.66 Å². The molecule has 1 spiro atoms. The van der Waals surface area contributed by atoms with Crippen LogP contribution in [0.1, 0.15) is 44.1 Å². The summed E-state index contributed by atoms with van der Waals surface area (Å²) in [6.45, 7) is 0. The van der Waals surface area contributed by atoms with Gasteiger partial charge in [-0.05, 0) is 49.8 Å². The molecule has 0 aromatic heterocycles. The number of nitrogens with two attached hydrogens (primary N) is 2. The number of carbonyl (C=O) groups is 1. The van der Waals surface area contributed by atoms with Crippen molar-refractivity contribution in [2.45, 2.75) is 50.6 Å². The summed E-state index contributed by atoms with van der Waals surface area (Å²) in [5, 5.41) is 2.65. The second-order valence-corrected chi connectivity index (χ2v) is 6.66. The molecular formula is C18H26N6O. The Labute approximate surface area is 148 Å². The minimum atomic E-state index is -0.437. The van der Waals surface area contributed by atoms with Gasteiger partial charge < -0.3 is 16.8 Å². The maximum atomic E-state index is 11.5. The first-order valence-electron chi connectivity index (χ1n) is 8.83. The molecule has 1 aromatic rings. The molecule has 0 unspecified atom stereocenters. The second-order valence-electron chi connectivity index (χ2n) is 6.66. The number of carbonyl (C=O) groups excluding carboxylic acids is 1. The average Bonchev–Trinajstić information content (AvgIpc) is 2.60. The van der Waals surface area contributed by atoms with Crippen molar-refractivity contribution in [2.24, 2.45) is 21.5 Å². The van der Waals surface area contributed by atoms with Crippen molar-refractivity contribution >= 4 is 23.5 Å². The molecule has 5 N–H and O–H groups in total. The predicted octanol–water partition coefficient (Wildman–Crippen LogP) is 1.48. The summed E-state index contributed by atoms with van der Waals surface area (Å²) < 4.78 is 0. The van der Waals surface area contributed by atoms with Gasteiger partial charge in [-0.25, -0.2) is 4.99 Å². The number of amides is 1. The first-order chi connectivity index (χ1) is 12.0. The molecule has 1 aromatic carbocycles. The number of aliphatic imine (C=N–C) groups is 2. The zero-order valence-electron chi connectivity index (χ0n) is 14.7. The van der Waals surface area contributed by atoms with E-state index in [1.807, 2.05) is 23.1 Å². The van der Waals surface area contributed by atoms with Gasteiger partial charge in [-0.1, -0.05) is 18.6 Å². The van der Waals surface area contributed by atoms with E-state index in [4.69, 9.17) is 11.5 Å². The number of rotatable bonds is 4. The van der Waals surface area contributed by atoms with Crippen LogP contribution >= 0.6 is 0 Å². The van der Waals surface area contributed by atoms with Crippen molar-refractivity contribution in [2.75, 3.05) is 11.9 Å². The second kappa shape index (κ2) is 7.13. The monoisotopic (exact) mass is 342 g/mol. The topological polar surface area (TPSA) is 109 Å². The van der Waals surface area contributed by atoms with Crippen LogP contribution in [-0.4, -0.2) is 30.5 Å². The molecule has 2 aliphatic rings. The van der Waals surface area contributed by atoms with Gasteiger partial charge in [-0.2, -0.15) is 4.99 Å². The molecule has 7 heteroatoms. The van der Waals surface area contributed by atoms with Crippen LogP contribution < -0.4 is 21.7 Å². The lowest BCUT2D eigenvalue weighted by molar-refractivity contribution is -0.120. The van der Waals surface area contributed by atoms with E-state index in [9.17, 15) is 4.79 Å². The number of aryl methyl sites for hydroxylation is 1. The largest absolute Gasteiger partial charge is 0.369 e. The minimum absolute atomic E-state index is 0.0329. The lowest BCUT2D eigenvalue weighted by Gasteiger charge is -2.45. The molecule has 1 aliphatic carbocycles. The van der Waals surface area contributed by atoms with E-state index in [-0.39, 0.29) is 11.9 Å². The molecule has 3 rings (SSSR count). The summed E-state index contributed by atoms with van der Waals surface area (Å²) in [5.41, 5.74) is 13.8. The number of hydrogen-bond donors (Lipinski definition) is 3. The fourth-order valence-corrected chi connectivity index (χ4v) is 3.73. The summed E-state index contributed by atoms with van der Waals surface area (Å²) in [6.07, 6.45) is 6.34. The first-order valence-corrected chi connectivity index (χ1v) is 8.83. The third-order valence-electron chi connectivity index (χ3n) is 4.94. The Kier molecular flexibility index (Phi) is 4.92. The van der Waals surface area contributed by atoms with Gasteiger partial charge in [0.05, 0.1) is 0 Å². The van der Waals surface area contributed by atoms with E-state index in [0.29, 0.717) is 18.8 Å². The number of nitrogens with one attached hydrogen (secondary N) is 1. The van der Waals surface area contributed by atoms with Gasteiger partial charge in [-0.3, -0.25) is 9.69 Å². The maximum absolute atomic E-state index is 11.5. The lowest BCUT2D eigenvalue weighted by atomic mass is 9.87. The van der Waals surface area contributed by atoms with Crippen LogP contribution in [0.25, 0.3) is 0 Å². The van der Waals surface area contributed by atoms with E-state index in [1.54, 1.807) is 7.05 Å². The van der Waals surface area contributed by atoms with E-state index in [1.165, 1.54) is 6.42 Å². The Hall–Kier alpha value is -2.57. The van der Waals surface area contributed by atoms with Crippen LogP contribution in [0.3, 0.4) is 0 Å². The summed E-state index contributed by atoms with van der Waals surface area (Å²) >= 11 is 0. The Bertz CT molecular complexity index is 705. The quantitative estimate of drug-likeness (QED) is 0.770. The summed E-state index contributed by atoms with van der Waals surface area (Å²) in [6, 6.07) is 8.09. The van der Waals surface area contributed by atoms with Crippen molar-refractivity contribution < 1.29 is 4.79 Å². The highest BCUT2D eigenvalue weighted by Gasteiger charge is 2.42. The molecule has 1 heterocycles. The number of hydrogen-bond acceptors (Lipinski definition) is 6. The molecule has 0 atom stereocenters. The Balaban J connectivity index is 1.90. The molecule has 0 radical (unpaired) electrons. The van der Waals surface area contributed by atoms with Crippen molar-refractivity contribution in [3.05, 3.63) is 29.8 Å². The highest BCUT2D eigenvalue weighted by Crippen LogP contribution is 2.39. The van der Waals surface area contributed by atoms with Crippen LogP contribution in [0.2, 0.25) is 0 Å². The smallest absolute Gasteiger partial charge is 0.220 e. The molecule has 7 nitrogen and oxygen atoms in total. The summed E-state index contributed by atoms with van der Waals surface area (Å²) in [5.74, 6) is 0.676. The molecule has 1 aliphatic heterocycles. The summed E-state index contributed by atoms with van der Waals surface area (Å²) in [7, 11) is 1.65. The van der Waals surface area contributed by atoms with Crippen LogP contribution in [0.15, 0.2) is 34.3 Å². The van der Waals surface area contributed by atoms with E-state index < -0.39 is 5.66 Å². The van der Waals surface area contributed by atoms with Crippen LogP contribution in [0.4, 0.5) is 5.69 Å². The number of guanidine groups is 2. The minimum Gasteiger partial charge on any atom is -0.369 e. The third kappa shape index (κ3) is 3.60. The van der Waals surface area contributed by atoms with Gasteiger partial charge in [0.2, 0.25) is 17.8 Å². The van der Waals surface area contributed by atoms with Gasteiger partial charge in [0.15, 0.2) is 0 Å². The summed E-state index contributed by atoms with van der Waals surface area (Å²) in [4.78, 5) is 22.4. The first kappa shape index (κ1) is 17.3.